The monoisotopic (exact) mass is 306 g/mol. The lowest BCUT2D eigenvalue weighted by Gasteiger charge is -2.11. The number of carbonyl (C=O) groups is 1. The summed E-state index contributed by atoms with van der Waals surface area (Å²) in [4.78, 5) is 10.8. The third kappa shape index (κ3) is 3.96. The van der Waals surface area contributed by atoms with Gasteiger partial charge in [-0.3, -0.25) is 4.72 Å². The van der Waals surface area contributed by atoms with Crippen LogP contribution in [-0.2, 0) is 15.8 Å². The van der Waals surface area contributed by atoms with Crippen molar-refractivity contribution in [3.05, 3.63) is 59.7 Å². The van der Waals surface area contributed by atoms with E-state index in [1.165, 1.54) is 18.2 Å². The van der Waals surface area contributed by atoms with Gasteiger partial charge in [0.05, 0.1) is 22.7 Å². The number of nitrogen functional groups attached to an aromatic ring is 1. The van der Waals surface area contributed by atoms with Crippen LogP contribution in [0.2, 0.25) is 0 Å². The van der Waals surface area contributed by atoms with Gasteiger partial charge in [-0.15, -0.1) is 0 Å². The van der Waals surface area contributed by atoms with E-state index in [1.807, 2.05) is 0 Å². The Morgan fingerprint density at radius 1 is 1.14 bits per heavy atom. The first kappa shape index (κ1) is 14.9. The van der Waals surface area contributed by atoms with Crippen LogP contribution in [0.3, 0.4) is 0 Å². The number of nitrogens with one attached hydrogen (secondary N) is 1. The molecule has 4 N–H and O–H groups in total. The number of hydrogen-bond acceptors (Lipinski definition) is 4. The van der Waals surface area contributed by atoms with Gasteiger partial charge in [-0.25, -0.2) is 13.2 Å². The number of benzene rings is 2. The van der Waals surface area contributed by atoms with Crippen LogP contribution in [0.15, 0.2) is 48.5 Å². The van der Waals surface area contributed by atoms with Gasteiger partial charge in [0.1, 0.15) is 0 Å². The van der Waals surface area contributed by atoms with Crippen molar-refractivity contribution in [2.75, 3.05) is 10.5 Å². The van der Waals surface area contributed by atoms with Crippen molar-refractivity contribution in [3.8, 4) is 0 Å². The summed E-state index contributed by atoms with van der Waals surface area (Å²) in [5.41, 5.74) is 6.54. The highest BCUT2D eigenvalue weighted by Crippen LogP contribution is 2.22. The van der Waals surface area contributed by atoms with Gasteiger partial charge in [0.15, 0.2) is 0 Å². The van der Waals surface area contributed by atoms with E-state index < -0.39 is 16.0 Å². The lowest BCUT2D eigenvalue weighted by Crippen LogP contribution is -2.16. The number of carboxylic acid groups (broad SMARTS) is 1. The first-order valence-corrected chi connectivity index (χ1v) is 7.70. The summed E-state index contributed by atoms with van der Waals surface area (Å²) in [7, 11) is -3.62. The summed E-state index contributed by atoms with van der Waals surface area (Å²) in [6, 6.07) is 12.5. The molecule has 0 aliphatic carbocycles. The summed E-state index contributed by atoms with van der Waals surface area (Å²) in [5.74, 6) is -1.31. The maximum atomic E-state index is 12.1. The number of sulfonamides is 1. The fraction of sp³-hybridized carbons (Fsp3) is 0.0714. The van der Waals surface area contributed by atoms with E-state index in [4.69, 9.17) is 10.8 Å². The molecule has 110 valence electrons. The molecule has 0 unspecified atom stereocenters. The molecule has 6 nitrogen and oxygen atoms in total. The molecule has 0 aromatic heterocycles. The quantitative estimate of drug-likeness (QED) is 0.731. The van der Waals surface area contributed by atoms with Crippen molar-refractivity contribution in [1.29, 1.82) is 0 Å². The maximum Gasteiger partial charge on any atom is 0.335 e. The summed E-state index contributed by atoms with van der Waals surface area (Å²) >= 11 is 0. The zero-order valence-corrected chi connectivity index (χ0v) is 11.8. The summed E-state index contributed by atoms with van der Waals surface area (Å²) in [5, 5.41) is 8.83. The van der Waals surface area contributed by atoms with E-state index >= 15 is 0 Å². The number of carboxylic acids is 1. The molecule has 0 radical (unpaired) electrons. The van der Waals surface area contributed by atoms with Gasteiger partial charge in [-0.2, -0.15) is 0 Å². The molecular weight excluding hydrogens is 292 g/mol. The van der Waals surface area contributed by atoms with Crippen molar-refractivity contribution < 1.29 is 18.3 Å². The van der Waals surface area contributed by atoms with E-state index in [9.17, 15) is 13.2 Å². The smallest absolute Gasteiger partial charge is 0.335 e. The number of rotatable bonds is 5. The van der Waals surface area contributed by atoms with E-state index in [0.29, 0.717) is 5.56 Å². The van der Waals surface area contributed by atoms with Crippen LogP contribution in [0.4, 0.5) is 11.4 Å². The average molecular weight is 306 g/mol. The molecule has 7 heteroatoms. The number of nitrogens with two attached hydrogens (primary N) is 1. The van der Waals surface area contributed by atoms with Crippen molar-refractivity contribution >= 4 is 27.4 Å². The Morgan fingerprint density at radius 3 is 2.38 bits per heavy atom. The third-order valence-electron chi connectivity index (χ3n) is 2.76. The maximum absolute atomic E-state index is 12.1. The minimum atomic E-state index is -3.62. The van der Waals surface area contributed by atoms with Gasteiger partial charge in [-0.05, 0) is 23.8 Å². The van der Waals surface area contributed by atoms with Crippen molar-refractivity contribution in [2.24, 2.45) is 0 Å². The fourth-order valence-electron chi connectivity index (χ4n) is 1.79. The Hall–Kier alpha value is -2.54. The molecule has 0 amide bonds. The topological polar surface area (TPSA) is 109 Å². The van der Waals surface area contributed by atoms with Crippen molar-refractivity contribution in [3.63, 3.8) is 0 Å². The molecule has 0 aliphatic heterocycles. The van der Waals surface area contributed by atoms with E-state index in [-0.39, 0.29) is 22.7 Å². The van der Waals surface area contributed by atoms with Crippen LogP contribution >= 0.6 is 0 Å². The molecule has 0 saturated heterocycles. The lowest BCUT2D eigenvalue weighted by atomic mass is 10.2. The van der Waals surface area contributed by atoms with E-state index in [2.05, 4.69) is 4.72 Å². The Morgan fingerprint density at radius 2 is 1.81 bits per heavy atom. The number of anilines is 2. The summed E-state index contributed by atoms with van der Waals surface area (Å²) in [6.45, 7) is 0. The van der Waals surface area contributed by atoms with Crippen LogP contribution in [0.25, 0.3) is 0 Å². The molecule has 0 fully saturated rings. The number of aromatic carboxylic acids is 1. The highest BCUT2D eigenvalue weighted by molar-refractivity contribution is 7.91. The zero-order valence-electron chi connectivity index (χ0n) is 11.0. The second-order valence-electron chi connectivity index (χ2n) is 4.45. The minimum Gasteiger partial charge on any atom is -0.478 e. The van der Waals surface area contributed by atoms with E-state index in [0.717, 1.165) is 0 Å². The summed E-state index contributed by atoms with van der Waals surface area (Å²) in [6.07, 6.45) is 0. The second-order valence-corrected chi connectivity index (χ2v) is 6.18. The molecule has 0 aliphatic rings. The SMILES string of the molecule is Nc1cc(C(=O)O)ccc1NS(=O)(=O)Cc1ccccc1. The highest BCUT2D eigenvalue weighted by atomic mass is 32.2. The predicted octanol–water partition coefficient (Wildman–Crippen LogP) is 1.91. The second kappa shape index (κ2) is 5.84. The summed E-state index contributed by atoms with van der Waals surface area (Å²) < 4.78 is 26.5. The van der Waals surface area contributed by atoms with Crippen LogP contribution in [0.5, 0.6) is 0 Å². The van der Waals surface area contributed by atoms with Crippen LogP contribution < -0.4 is 10.5 Å². The average Bonchev–Trinajstić information content (AvgIpc) is 2.41. The fourth-order valence-corrected chi connectivity index (χ4v) is 3.01. The normalized spacial score (nSPS) is 11.0. The number of hydrogen-bond donors (Lipinski definition) is 3. The van der Waals surface area contributed by atoms with Crippen LogP contribution in [0.1, 0.15) is 15.9 Å². The molecule has 0 spiro atoms. The standard InChI is InChI=1S/C14H14N2O4S/c15-12-8-11(14(17)18)6-7-13(12)16-21(19,20)9-10-4-2-1-3-5-10/h1-8,16H,9,15H2,(H,17,18). The molecule has 2 aromatic carbocycles. The largest absolute Gasteiger partial charge is 0.478 e. The highest BCUT2D eigenvalue weighted by Gasteiger charge is 2.14. The Kier molecular flexibility index (Phi) is 4.13. The van der Waals surface area contributed by atoms with Gasteiger partial charge in [0.25, 0.3) is 0 Å². The molecular formula is C14H14N2O4S. The van der Waals surface area contributed by atoms with Gasteiger partial charge >= 0.3 is 5.97 Å². The third-order valence-corrected chi connectivity index (χ3v) is 4.01. The Balaban J connectivity index is 2.19. The predicted molar refractivity (Wildman–Crippen MR) is 80.5 cm³/mol. The van der Waals surface area contributed by atoms with Gasteiger partial charge in [0, 0.05) is 0 Å². The van der Waals surface area contributed by atoms with Gasteiger partial charge < -0.3 is 10.8 Å². The molecule has 0 heterocycles. The van der Waals surface area contributed by atoms with Crippen molar-refractivity contribution in [2.45, 2.75) is 5.75 Å². The van der Waals surface area contributed by atoms with Crippen LogP contribution in [-0.4, -0.2) is 19.5 Å². The molecule has 2 rings (SSSR count). The Bertz CT molecular complexity index is 758. The lowest BCUT2D eigenvalue weighted by molar-refractivity contribution is 0.0697. The van der Waals surface area contributed by atoms with Gasteiger partial charge in [0.2, 0.25) is 10.0 Å². The molecule has 0 saturated carbocycles. The van der Waals surface area contributed by atoms with Crippen LogP contribution in [0, 0.1) is 0 Å². The van der Waals surface area contributed by atoms with Crippen molar-refractivity contribution in [1.82, 2.24) is 0 Å². The molecule has 0 bridgehead atoms. The zero-order chi connectivity index (χ0) is 15.5. The molecule has 21 heavy (non-hydrogen) atoms. The Labute approximate surface area is 122 Å². The van der Waals surface area contributed by atoms with Gasteiger partial charge in [-0.1, -0.05) is 30.3 Å². The van der Waals surface area contributed by atoms with E-state index in [1.54, 1.807) is 30.3 Å². The molecule has 2 aromatic rings. The first-order valence-electron chi connectivity index (χ1n) is 6.04. The molecule has 0 atom stereocenters. The first-order chi connectivity index (χ1) is 9.87. The minimum absolute atomic E-state index is 0.00138.